The first kappa shape index (κ1) is 23.5. The van der Waals surface area contributed by atoms with Crippen LogP contribution >= 0.6 is 0 Å². The number of ether oxygens (including phenoxy) is 3. The molecule has 0 aliphatic heterocycles. The minimum Gasteiger partial charge on any atom is -0.491 e. The molecule has 0 spiro atoms. The molecular weight excluding hydrogens is 378 g/mol. The summed E-state index contributed by atoms with van der Waals surface area (Å²) in [4.78, 5) is 4.89. The van der Waals surface area contributed by atoms with Gasteiger partial charge in [-0.05, 0) is 61.6 Å². The summed E-state index contributed by atoms with van der Waals surface area (Å²) in [5.41, 5.74) is 5.23. The Kier molecular flexibility index (Phi) is 9.95. The van der Waals surface area contributed by atoms with Gasteiger partial charge >= 0.3 is 0 Å². The molecule has 0 aliphatic carbocycles. The van der Waals surface area contributed by atoms with Crippen LogP contribution in [0.2, 0.25) is 0 Å². The van der Waals surface area contributed by atoms with Gasteiger partial charge < -0.3 is 19.0 Å². The van der Waals surface area contributed by atoms with Crippen LogP contribution in [0, 0.1) is 13.8 Å². The number of hydrogen-bond donors (Lipinski definition) is 0. The molecule has 0 bridgehead atoms. The van der Waals surface area contributed by atoms with Crippen molar-refractivity contribution in [2.24, 2.45) is 5.16 Å². The van der Waals surface area contributed by atoms with Crippen LogP contribution in [-0.2, 0) is 16.2 Å². The van der Waals surface area contributed by atoms with E-state index in [0.717, 1.165) is 45.9 Å². The van der Waals surface area contributed by atoms with E-state index in [0.29, 0.717) is 26.4 Å². The molecule has 5 nitrogen and oxygen atoms in total. The van der Waals surface area contributed by atoms with Crippen LogP contribution in [-0.4, -0.2) is 32.6 Å². The van der Waals surface area contributed by atoms with E-state index in [4.69, 9.17) is 19.0 Å². The first-order valence-corrected chi connectivity index (χ1v) is 10.3. The molecule has 0 aromatic heterocycles. The summed E-state index contributed by atoms with van der Waals surface area (Å²) in [6.07, 6.45) is 4.78. The van der Waals surface area contributed by atoms with Gasteiger partial charge in [0.1, 0.15) is 31.8 Å². The lowest BCUT2D eigenvalue weighted by atomic mass is 10.1. The van der Waals surface area contributed by atoms with Gasteiger partial charge in [-0.25, -0.2) is 0 Å². The maximum Gasteiger partial charge on any atom is 0.125 e. The molecule has 0 radical (unpaired) electrons. The second kappa shape index (κ2) is 12.7. The highest BCUT2D eigenvalue weighted by atomic mass is 16.6. The Labute approximate surface area is 180 Å². The van der Waals surface area contributed by atoms with Crippen molar-refractivity contribution >= 4 is 5.71 Å². The van der Waals surface area contributed by atoms with Gasteiger partial charge in [0.05, 0.1) is 18.9 Å². The van der Waals surface area contributed by atoms with Gasteiger partial charge in [0, 0.05) is 0 Å². The van der Waals surface area contributed by atoms with Crippen molar-refractivity contribution in [2.45, 2.75) is 40.7 Å². The minimum atomic E-state index is 0.499. The maximum atomic E-state index is 5.95. The van der Waals surface area contributed by atoms with E-state index in [1.807, 2.05) is 57.2 Å². The molecule has 0 atom stereocenters. The summed E-state index contributed by atoms with van der Waals surface area (Å²) < 4.78 is 17.4. The highest BCUT2D eigenvalue weighted by Gasteiger charge is 2.07. The molecule has 2 rings (SSSR count). The van der Waals surface area contributed by atoms with Crippen LogP contribution in [0.5, 0.6) is 11.5 Å². The first-order chi connectivity index (χ1) is 14.6. The van der Waals surface area contributed by atoms with Crippen molar-refractivity contribution in [3.63, 3.8) is 0 Å². The predicted molar refractivity (Wildman–Crippen MR) is 122 cm³/mol. The number of benzene rings is 2. The van der Waals surface area contributed by atoms with E-state index in [1.54, 1.807) is 7.11 Å². The lowest BCUT2D eigenvalue weighted by Crippen LogP contribution is -2.08. The van der Waals surface area contributed by atoms with E-state index in [1.165, 1.54) is 0 Å². The fourth-order valence-electron chi connectivity index (χ4n) is 3.08. The van der Waals surface area contributed by atoms with Crippen LogP contribution in [0.1, 0.15) is 42.5 Å². The summed E-state index contributed by atoms with van der Waals surface area (Å²) in [5.74, 6) is 1.75. The molecule has 0 unspecified atom stereocenters. The number of hydrogen-bond acceptors (Lipinski definition) is 5. The molecule has 5 heteroatoms. The van der Waals surface area contributed by atoms with Gasteiger partial charge in [0.15, 0.2) is 0 Å². The zero-order valence-corrected chi connectivity index (χ0v) is 18.7. The highest BCUT2D eigenvalue weighted by molar-refractivity contribution is 6.00. The SMILES string of the molecule is C/C=C/COc1cc(C)c(OCCOCc2ccc(C(CC)=NOC)cc2)c(C)c1. The maximum absolute atomic E-state index is 5.95. The highest BCUT2D eigenvalue weighted by Crippen LogP contribution is 2.28. The van der Waals surface area contributed by atoms with E-state index < -0.39 is 0 Å². The summed E-state index contributed by atoms with van der Waals surface area (Å²) in [5, 5.41) is 4.05. The monoisotopic (exact) mass is 411 g/mol. The number of rotatable bonds is 12. The summed E-state index contributed by atoms with van der Waals surface area (Å²) >= 11 is 0. The molecule has 0 amide bonds. The fraction of sp³-hybridized carbons (Fsp3) is 0.400. The van der Waals surface area contributed by atoms with E-state index >= 15 is 0 Å². The second-order valence-corrected chi connectivity index (χ2v) is 6.94. The van der Waals surface area contributed by atoms with Crippen LogP contribution < -0.4 is 9.47 Å². The molecule has 162 valence electrons. The van der Waals surface area contributed by atoms with Gasteiger partial charge in [-0.2, -0.15) is 0 Å². The quantitative estimate of drug-likeness (QED) is 0.197. The molecule has 0 fully saturated rings. The molecule has 30 heavy (non-hydrogen) atoms. The largest absolute Gasteiger partial charge is 0.491 e. The smallest absolute Gasteiger partial charge is 0.125 e. The molecule has 0 heterocycles. The Morgan fingerprint density at radius 3 is 2.30 bits per heavy atom. The normalized spacial score (nSPS) is 11.7. The standard InChI is InChI=1S/C25H33NO4/c1-6-8-13-29-23-16-19(3)25(20(4)17-23)30-15-14-28-18-21-9-11-22(12-10-21)24(7-2)26-27-5/h6,8-12,16-17H,7,13-15,18H2,1-5H3/b8-6+,26-24?. The van der Waals surface area contributed by atoms with E-state index in [-0.39, 0.29) is 0 Å². The number of nitrogens with zero attached hydrogens (tertiary/aromatic N) is 1. The zero-order chi connectivity index (χ0) is 21.8. The van der Waals surface area contributed by atoms with Crippen LogP contribution in [0.3, 0.4) is 0 Å². The minimum absolute atomic E-state index is 0.499. The molecule has 0 saturated carbocycles. The van der Waals surface area contributed by atoms with Gasteiger partial charge in [-0.1, -0.05) is 48.5 Å². The van der Waals surface area contributed by atoms with Crippen molar-refractivity contribution in [3.05, 3.63) is 70.8 Å². The number of oxime groups is 1. The third-order valence-corrected chi connectivity index (χ3v) is 4.58. The lowest BCUT2D eigenvalue weighted by molar-refractivity contribution is 0.0885. The molecule has 0 aliphatic rings. The number of allylic oxidation sites excluding steroid dienone is 1. The Bertz CT molecular complexity index is 818. The van der Waals surface area contributed by atoms with E-state index in [2.05, 4.69) is 24.2 Å². The van der Waals surface area contributed by atoms with Crippen molar-refractivity contribution in [2.75, 3.05) is 26.9 Å². The molecule has 2 aromatic carbocycles. The first-order valence-electron chi connectivity index (χ1n) is 10.3. The average Bonchev–Trinajstić information content (AvgIpc) is 2.74. The lowest BCUT2D eigenvalue weighted by Gasteiger charge is -2.14. The van der Waals surface area contributed by atoms with Crippen LogP contribution in [0.25, 0.3) is 0 Å². The van der Waals surface area contributed by atoms with Crippen molar-refractivity contribution in [1.29, 1.82) is 0 Å². The predicted octanol–water partition coefficient (Wildman–Crippen LogP) is 5.61. The molecule has 0 saturated heterocycles. The Morgan fingerprint density at radius 1 is 1.00 bits per heavy atom. The summed E-state index contributed by atoms with van der Waals surface area (Å²) in [6, 6.07) is 12.2. The molecule has 0 N–H and O–H groups in total. The Hall–Kier alpha value is -2.79. The topological polar surface area (TPSA) is 49.3 Å². The Morgan fingerprint density at radius 2 is 1.70 bits per heavy atom. The van der Waals surface area contributed by atoms with Crippen LogP contribution in [0.4, 0.5) is 0 Å². The van der Waals surface area contributed by atoms with Crippen molar-refractivity contribution < 1.29 is 19.0 Å². The van der Waals surface area contributed by atoms with Gasteiger partial charge in [0.25, 0.3) is 0 Å². The van der Waals surface area contributed by atoms with Gasteiger partial charge in [-0.15, -0.1) is 0 Å². The summed E-state index contributed by atoms with van der Waals surface area (Å²) in [7, 11) is 1.57. The third-order valence-electron chi connectivity index (χ3n) is 4.58. The molecular formula is C25H33NO4. The second-order valence-electron chi connectivity index (χ2n) is 6.94. The van der Waals surface area contributed by atoms with Crippen molar-refractivity contribution in [1.82, 2.24) is 0 Å². The Balaban J connectivity index is 1.79. The average molecular weight is 412 g/mol. The van der Waals surface area contributed by atoms with E-state index in [9.17, 15) is 0 Å². The molecule has 2 aromatic rings. The van der Waals surface area contributed by atoms with Crippen molar-refractivity contribution in [3.8, 4) is 11.5 Å². The van der Waals surface area contributed by atoms with Crippen LogP contribution in [0.15, 0.2) is 53.7 Å². The third kappa shape index (κ3) is 7.23. The zero-order valence-electron chi connectivity index (χ0n) is 18.7. The number of aryl methyl sites for hydroxylation is 2. The van der Waals surface area contributed by atoms with Gasteiger partial charge in [-0.3, -0.25) is 0 Å². The fourth-order valence-corrected chi connectivity index (χ4v) is 3.08. The van der Waals surface area contributed by atoms with Gasteiger partial charge in [0.2, 0.25) is 0 Å². The summed E-state index contributed by atoms with van der Waals surface area (Å²) in [6.45, 7) is 10.2.